The average molecular weight is 330 g/mol. The van der Waals surface area contributed by atoms with Gasteiger partial charge in [-0.2, -0.15) is 0 Å². The van der Waals surface area contributed by atoms with E-state index in [4.69, 9.17) is 4.74 Å². The average Bonchev–Trinajstić information content (AvgIpc) is 3.02. The van der Waals surface area contributed by atoms with Crippen molar-refractivity contribution in [3.8, 4) is 0 Å². The molecule has 4 nitrogen and oxygen atoms in total. The quantitative estimate of drug-likeness (QED) is 0.806. The van der Waals surface area contributed by atoms with Gasteiger partial charge in [-0.05, 0) is 26.0 Å². The van der Waals surface area contributed by atoms with E-state index in [9.17, 15) is 9.18 Å². The van der Waals surface area contributed by atoms with Gasteiger partial charge in [0.1, 0.15) is 12.8 Å². The van der Waals surface area contributed by atoms with Gasteiger partial charge >= 0.3 is 5.97 Å². The van der Waals surface area contributed by atoms with Gasteiger partial charge in [-0.3, -0.25) is 0 Å². The van der Waals surface area contributed by atoms with E-state index in [1.54, 1.807) is 10.8 Å². The van der Waals surface area contributed by atoms with Crippen LogP contribution < -0.4 is 0 Å². The van der Waals surface area contributed by atoms with Crippen molar-refractivity contribution in [2.45, 2.75) is 50.4 Å². The lowest BCUT2D eigenvalue weighted by Gasteiger charge is -2.35. The number of piperidine rings is 1. The van der Waals surface area contributed by atoms with E-state index < -0.39 is 6.67 Å². The van der Waals surface area contributed by atoms with Crippen molar-refractivity contribution in [2.24, 2.45) is 0 Å². The van der Waals surface area contributed by atoms with Crippen LogP contribution >= 0.6 is 0 Å². The zero-order valence-electron chi connectivity index (χ0n) is 14.0. The molecular formula is C19H23FN2O2. The van der Waals surface area contributed by atoms with Gasteiger partial charge in [0.15, 0.2) is 0 Å². The number of fused-ring (bicyclic) bond motifs is 3. The minimum atomic E-state index is -0.453. The maximum Gasteiger partial charge on any atom is 0.340 e. The number of esters is 1. The van der Waals surface area contributed by atoms with Crippen LogP contribution in [0.15, 0.2) is 30.5 Å². The van der Waals surface area contributed by atoms with Crippen molar-refractivity contribution >= 4 is 16.9 Å². The number of nitrogens with zero attached hydrogens (tertiary/aromatic N) is 2. The molecule has 3 heterocycles. The van der Waals surface area contributed by atoms with E-state index >= 15 is 0 Å². The molecule has 5 heteroatoms. The normalized spacial score (nSPS) is 26.8. The topological polar surface area (TPSA) is 34.5 Å². The second-order valence-corrected chi connectivity index (χ2v) is 6.99. The molecule has 0 N–H and O–H groups in total. The van der Waals surface area contributed by atoms with Gasteiger partial charge in [0.05, 0.1) is 12.1 Å². The highest BCUT2D eigenvalue weighted by atomic mass is 19.1. The number of ether oxygens (including phenoxy) is 1. The highest BCUT2D eigenvalue weighted by Crippen LogP contribution is 2.36. The summed E-state index contributed by atoms with van der Waals surface area (Å²) in [6, 6.07) is 8.69. The molecular weight excluding hydrogens is 307 g/mol. The van der Waals surface area contributed by atoms with Crippen LogP contribution in [0.25, 0.3) is 10.9 Å². The first-order chi connectivity index (χ1) is 11.7. The Morgan fingerprint density at radius 3 is 2.67 bits per heavy atom. The molecule has 2 saturated heterocycles. The highest BCUT2D eigenvalue weighted by molar-refractivity contribution is 6.04. The van der Waals surface area contributed by atoms with Crippen LogP contribution in [0.3, 0.4) is 0 Å². The molecule has 0 aliphatic carbocycles. The molecule has 2 aliphatic rings. The zero-order chi connectivity index (χ0) is 16.7. The molecule has 0 spiro atoms. The van der Waals surface area contributed by atoms with E-state index in [0.717, 1.165) is 23.7 Å². The highest BCUT2D eigenvalue weighted by Gasteiger charge is 2.40. The minimum Gasteiger partial charge on any atom is -0.459 e. The summed E-state index contributed by atoms with van der Waals surface area (Å²) < 4.78 is 20.4. The summed E-state index contributed by atoms with van der Waals surface area (Å²) in [5.41, 5.74) is 1.43. The van der Waals surface area contributed by atoms with Gasteiger partial charge in [-0.15, -0.1) is 0 Å². The van der Waals surface area contributed by atoms with Gasteiger partial charge < -0.3 is 14.2 Å². The lowest BCUT2D eigenvalue weighted by Crippen LogP contribution is -2.43. The molecule has 3 atom stereocenters. The van der Waals surface area contributed by atoms with Gasteiger partial charge in [0.2, 0.25) is 0 Å². The van der Waals surface area contributed by atoms with Gasteiger partial charge in [-0.25, -0.2) is 9.18 Å². The summed E-state index contributed by atoms with van der Waals surface area (Å²) in [6.07, 6.45) is 5.96. The van der Waals surface area contributed by atoms with Crippen LogP contribution in [0.4, 0.5) is 4.39 Å². The molecule has 0 amide bonds. The molecule has 24 heavy (non-hydrogen) atoms. The Balaban J connectivity index is 1.56. The van der Waals surface area contributed by atoms with Crippen LogP contribution in [-0.2, 0) is 11.3 Å². The predicted molar refractivity (Wildman–Crippen MR) is 90.9 cm³/mol. The fraction of sp³-hybridized carbons (Fsp3) is 0.526. The lowest BCUT2D eigenvalue weighted by molar-refractivity contribution is -0.000286. The first-order valence-corrected chi connectivity index (χ1v) is 8.74. The Labute approximate surface area is 141 Å². The third-order valence-electron chi connectivity index (χ3n) is 5.66. The second kappa shape index (κ2) is 6.20. The summed E-state index contributed by atoms with van der Waals surface area (Å²) in [4.78, 5) is 15.1. The van der Waals surface area contributed by atoms with Crippen LogP contribution in [-0.4, -0.2) is 47.3 Å². The molecule has 2 aromatic rings. The fourth-order valence-electron chi connectivity index (χ4n) is 4.36. The molecule has 2 bridgehead atoms. The summed E-state index contributed by atoms with van der Waals surface area (Å²) >= 11 is 0. The Morgan fingerprint density at radius 2 is 1.96 bits per heavy atom. The number of carbonyl (C=O) groups excluding carboxylic acids is 1. The summed E-state index contributed by atoms with van der Waals surface area (Å²) in [5.74, 6) is -0.280. The third kappa shape index (κ3) is 2.61. The Kier molecular flexibility index (Phi) is 4.04. The second-order valence-electron chi connectivity index (χ2n) is 6.99. The number of carbonyl (C=O) groups is 1. The maximum atomic E-state index is 12.8. The lowest BCUT2D eigenvalue weighted by atomic mass is 10.0. The zero-order valence-corrected chi connectivity index (χ0v) is 14.0. The van der Waals surface area contributed by atoms with Gasteiger partial charge in [0.25, 0.3) is 0 Å². The van der Waals surface area contributed by atoms with Crippen LogP contribution in [0.5, 0.6) is 0 Å². The first-order valence-electron chi connectivity index (χ1n) is 8.74. The molecule has 0 saturated carbocycles. The molecule has 1 aromatic heterocycles. The van der Waals surface area contributed by atoms with E-state index in [1.165, 1.54) is 12.8 Å². The number of aromatic nitrogens is 1. The first kappa shape index (κ1) is 15.6. The van der Waals surface area contributed by atoms with Crippen molar-refractivity contribution in [2.75, 3.05) is 13.7 Å². The van der Waals surface area contributed by atoms with Crippen molar-refractivity contribution < 1.29 is 13.9 Å². The van der Waals surface area contributed by atoms with Crippen LogP contribution in [0.1, 0.15) is 36.0 Å². The summed E-state index contributed by atoms with van der Waals surface area (Å²) in [5, 5.41) is 0.840. The monoisotopic (exact) mass is 330 g/mol. The number of para-hydroxylation sites is 1. The smallest absolute Gasteiger partial charge is 0.340 e. The molecule has 2 aliphatic heterocycles. The van der Waals surface area contributed by atoms with Crippen LogP contribution in [0.2, 0.25) is 0 Å². The van der Waals surface area contributed by atoms with E-state index in [-0.39, 0.29) is 18.6 Å². The van der Waals surface area contributed by atoms with Crippen molar-refractivity contribution in [3.05, 3.63) is 36.0 Å². The van der Waals surface area contributed by atoms with Gasteiger partial charge in [-0.1, -0.05) is 18.2 Å². The van der Waals surface area contributed by atoms with E-state index in [0.29, 0.717) is 17.6 Å². The van der Waals surface area contributed by atoms with Gasteiger partial charge in [0, 0.05) is 42.0 Å². The SMILES string of the molecule is CN1[C@@H]2CC[C@H]1C[C@H](OC(=O)c1cn(CCF)c3ccccc13)C2. The number of hydrogen-bond donors (Lipinski definition) is 0. The summed E-state index contributed by atoms with van der Waals surface area (Å²) in [6.45, 7) is -0.197. The predicted octanol–water partition coefficient (Wildman–Crippen LogP) is 3.39. The van der Waals surface area contributed by atoms with Crippen molar-refractivity contribution in [1.29, 1.82) is 0 Å². The number of aryl methyl sites for hydroxylation is 1. The van der Waals surface area contributed by atoms with Crippen LogP contribution in [0, 0.1) is 0 Å². The number of hydrogen-bond acceptors (Lipinski definition) is 3. The molecule has 128 valence electrons. The fourth-order valence-corrected chi connectivity index (χ4v) is 4.36. The third-order valence-corrected chi connectivity index (χ3v) is 5.66. The minimum absolute atomic E-state index is 0.00510. The molecule has 0 unspecified atom stereocenters. The van der Waals surface area contributed by atoms with E-state index in [1.807, 2.05) is 24.3 Å². The Bertz CT molecular complexity index is 743. The van der Waals surface area contributed by atoms with E-state index in [2.05, 4.69) is 11.9 Å². The summed E-state index contributed by atoms with van der Waals surface area (Å²) in [7, 11) is 2.17. The molecule has 2 fully saturated rings. The largest absolute Gasteiger partial charge is 0.459 e. The van der Waals surface area contributed by atoms with Crippen molar-refractivity contribution in [3.63, 3.8) is 0 Å². The Morgan fingerprint density at radius 1 is 1.25 bits per heavy atom. The number of alkyl halides is 1. The number of rotatable bonds is 4. The Hall–Kier alpha value is -1.88. The molecule has 1 aromatic carbocycles. The number of benzene rings is 1. The standard InChI is InChI=1S/C19H23FN2O2/c1-21-13-6-7-14(21)11-15(10-13)24-19(23)17-12-22(9-8-20)18-5-3-2-4-16(17)18/h2-5,12-15H,6-11H2,1H3/t13-,14+,15-. The maximum absolute atomic E-state index is 12.8. The van der Waals surface area contributed by atoms with Crippen molar-refractivity contribution in [1.82, 2.24) is 9.47 Å². The molecule has 0 radical (unpaired) electrons. The molecule has 4 rings (SSSR count). The number of halogens is 1.